The predicted molar refractivity (Wildman–Crippen MR) is 172 cm³/mol. The summed E-state index contributed by atoms with van der Waals surface area (Å²) in [4.78, 5) is 22.5. The molecule has 1 amide bonds. The zero-order chi connectivity index (χ0) is 30.4. The summed E-state index contributed by atoms with van der Waals surface area (Å²) in [6.07, 6.45) is 2.77. The number of amides is 1. The van der Waals surface area contributed by atoms with Crippen LogP contribution in [0.5, 0.6) is 0 Å². The summed E-state index contributed by atoms with van der Waals surface area (Å²) in [7, 11) is -1.41. The van der Waals surface area contributed by atoms with E-state index in [1.54, 1.807) is 4.90 Å². The van der Waals surface area contributed by atoms with E-state index in [0.717, 1.165) is 60.0 Å². The van der Waals surface area contributed by atoms with Gasteiger partial charge in [0.1, 0.15) is 0 Å². The Morgan fingerprint density at radius 2 is 1.98 bits per heavy atom. The Balaban J connectivity index is 1.94. The van der Waals surface area contributed by atoms with Gasteiger partial charge >= 0.3 is 0 Å². The zero-order valence-corrected chi connectivity index (χ0v) is 28.3. The second-order valence-electron chi connectivity index (χ2n) is 12.5. The van der Waals surface area contributed by atoms with E-state index in [9.17, 15) is 9.90 Å². The number of benzene rings is 1. The van der Waals surface area contributed by atoms with Gasteiger partial charge < -0.3 is 18.9 Å². The van der Waals surface area contributed by atoms with Crippen LogP contribution in [0.1, 0.15) is 58.4 Å². The van der Waals surface area contributed by atoms with Crippen molar-refractivity contribution in [1.29, 1.82) is 0 Å². The lowest BCUT2D eigenvalue weighted by Gasteiger charge is -2.37. The number of aliphatic hydroxyl groups is 1. The van der Waals surface area contributed by atoms with Crippen LogP contribution in [0, 0.1) is 0 Å². The molecule has 1 aromatic heterocycles. The summed E-state index contributed by atoms with van der Waals surface area (Å²) in [5, 5.41) is 11.0. The Bertz CT molecular complexity index is 1250. The van der Waals surface area contributed by atoms with Crippen molar-refractivity contribution in [3.05, 3.63) is 59.3 Å². The average Bonchev–Trinajstić information content (AvgIpc) is 3.28. The van der Waals surface area contributed by atoms with Crippen molar-refractivity contribution >= 4 is 40.6 Å². The van der Waals surface area contributed by atoms with Crippen LogP contribution < -0.4 is 0 Å². The van der Waals surface area contributed by atoms with Crippen molar-refractivity contribution in [3.8, 4) is 0 Å². The van der Waals surface area contributed by atoms with Gasteiger partial charge in [0.15, 0.2) is 8.32 Å². The van der Waals surface area contributed by atoms with Gasteiger partial charge in [0.25, 0.3) is 5.91 Å². The quantitative estimate of drug-likeness (QED) is 0.169. The third-order valence-corrected chi connectivity index (χ3v) is 13.5. The number of nitrogens with zero attached hydrogens (tertiary/aromatic N) is 3. The molecule has 1 N–H and O–H groups in total. The molecule has 0 atom stereocenters. The number of aromatic nitrogens is 1. The van der Waals surface area contributed by atoms with E-state index >= 15 is 0 Å². The fourth-order valence-corrected chi connectivity index (χ4v) is 6.24. The number of aliphatic hydroxyl groups excluding tert-OH is 1. The topological polar surface area (TPSA) is 75.1 Å². The number of carbonyl (C=O) groups is 1. The van der Waals surface area contributed by atoms with Crippen molar-refractivity contribution in [2.24, 2.45) is 0 Å². The van der Waals surface area contributed by atoms with Gasteiger partial charge in [-0.15, -0.1) is 0 Å². The number of rotatable bonds is 14. The fourth-order valence-electron chi connectivity index (χ4n) is 4.80. The summed E-state index contributed by atoms with van der Waals surface area (Å²) >= 11 is 0. The van der Waals surface area contributed by atoms with Crippen molar-refractivity contribution in [1.82, 2.24) is 14.8 Å². The van der Waals surface area contributed by atoms with E-state index in [2.05, 4.69) is 78.2 Å². The Labute approximate surface area is 250 Å². The van der Waals surface area contributed by atoms with Crippen LogP contribution in [0.4, 0.5) is 0 Å². The van der Waals surface area contributed by atoms with E-state index in [4.69, 9.17) is 13.8 Å². The summed E-state index contributed by atoms with van der Waals surface area (Å²) in [5.74, 6) is -0.281. The maximum atomic E-state index is 13.3. The minimum atomic E-state index is -1.81. The molecule has 41 heavy (non-hydrogen) atoms. The largest absolute Gasteiger partial charge is 0.416 e. The lowest BCUT2D eigenvalue weighted by molar-refractivity contribution is -0.124. The number of carbonyl (C=O) groups excluding carboxylic acids is 1. The van der Waals surface area contributed by atoms with Crippen LogP contribution in [0.25, 0.3) is 16.6 Å². The smallest absolute Gasteiger partial charge is 0.256 e. The van der Waals surface area contributed by atoms with Crippen LogP contribution in [-0.4, -0.2) is 82.8 Å². The number of para-hydroxylation sites is 1. The van der Waals surface area contributed by atoms with E-state index in [1.807, 2.05) is 18.2 Å². The van der Waals surface area contributed by atoms with Crippen LogP contribution >= 0.6 is 0 Å². The third-order valence-electron chi connectivity index (χ3n) is 8.33. The molecule has 1 aliphatic heterocycles. The first-order valence-corrected chi connectivity index (χ1v) is 18.8. The van der Waals surface area contributed by atoms with Crippen LogP contribution in [0.2, 0.25) is 24.2 Å². The van der Waals surface area contributed by atoms with E-state index in [0.29, 0.717) is 29.0 Å². The highest BCUT2D eigenvalue weighted by Crippen LogP contribution is 2.38. The number of hydrogen-bond donors (Lipinski definition) is 1. The number of hydrogen-bond acceptors (Lipinski definition) is 6. The first kappa shape index (κ1) is 33.4. The minimum Gasteiger partial charge on any atom is -0.416 e. The van der Waals surface area contributed by atoms with E-state index in [-0.39, 0.29) is 23.1 Å². The second kappa shape index (κ2) is 14.4. The normalized spacial score (nSPS) is 15.0. The molecule has 1 aliphatic rings. The van der Waals surface area contributed by atoms with Crippen LogP contribution in [-0.2, 0) is 26.6 Å². The molecule has 7 nitrogen and oxygen atoms in total. The second-order valence-corrected chi connectivity index (χ2v) is 18.6. The zero-order valence-electron chi connectivity index (χ0n) is 26.3. The molecule has 9 heteroatoms. The van der Waals surface area contributed by atoms with Crippen molar-refractivity contribution < 1.29 is 18.8 Å². The molecular formula is C32H49N3O4Si2. The Kier molecular flexibility index (Phi) is 11.7. The third kappa shape index (κ3) is 8.03. The molecule has 0 unspecified atom stereocenters. The average molecular weight is 596 g/mol. The number of fused-ring (bicyclic) bond motifs is 2. The van der Waals surface area contributed by atoms with Gasteiger partial charge in [-0.1, -0.05) is 52.5 Å². The molecule has 0 fully saturated rings. The van der Waals surface area contributed by atoms with Gasteiger partial charge in [0.2, 0.25) is 9.76 Å². The molecule has 0 bridgehead atoms. The standard InChI is InChI=1S/C32H49N3O4Si2/c1-10-40-38-19-16-29-30-27(21-35(29)31(37)24(4)22-36)25(26-13-11-12-14-28(26)33-30)15-17-34(23(2)3)18-20-39-41(8,9)32(5,6)7/h11-14,16,23,36H,4,10,15,17-22H2,1-3,5-9H3/b29-16-. The summed E-state index contributed by atoms with van der Waals surface area (Å²) < 4.78 is 12.3. The maximum Gasteiger partial charge on any atom is 0.256 e. The molecule has 0 spiro atoms. The predicted octanol–water partition coefficient (Wildman–Crippen LogP) is 5.82. The van der Waals surface area contributed by atoms with Gasteiger partial charge in [-0.2, -0.15) is 0 Å². The molecule has 0 saturated carbocycles. The highest BCUT2D eigenvalue weighted by molar-refractivity contribution is 6.74. The monoisotopic (exact) mass is 595 g/mol. The molecule has 0 aliphatic carbocycles. The highest BCUT2D eigenvalue weighted by atomic mass is 28.4. The summed E-state index contributed by atoms with van der Waals surface area (Å²) in [6.45, 7) is 24.7. The molecule has 2 radical (unpaired) electrons. The van der Waals surface area contributed by atoms with E-state index in [1.165, 1.54) is 5.56 Å². The van der Waals surface area contributed by atoms with Crippen LogP contribution in [0.3, 0.4) is 0 Å². The maximum absolute atomic E-state index is 13.3. The first-order chi connectivity index (χ1) is 19.3. The Morgan fingerprint density at radius 1 is 1.27 bits per heavy atom. The lowest BCUT2D eigenvalue weighted by Crippen LogP contribution is -2.44. The summed E-state index contributed by atoms with van der Waals surface area (Å²) in [5.41, 5.74) is 4.91. The lowest BCUT2D eigenvalue weighted by atomic mass is 9.98. The molecule has 0 saturated heterocycles. The van der Waals surface area contributed by atoms with Gasteiger partial charge in [-0.3, -0.25) is 9.69 Å². The van der Waals surface area contributed by atoms with Gasteiger partial charge in [0, 0.05) is 42.3 Å². The molecule has 2 heterocycles. The molecular weight excluding hydrogens is 547 g/mol. The van der Waals surface area contributed by atoms with E-state index < -0.39 is 8.32 Å². The van der Waals surface area contributed by atoms with Crippen molar-refractivity contribution in [3.63, 3.8) is 0 Å². The number of pyridine rings is 1. The highest BCUT2D eigenvalue weighted by Gasteiger charge is 2.37. The minimum absolute atomic E-state index is 0.166. The SMILES string of the molecule is C=C(CO)C(=O)N1Cc2c(nc3ccccc3c2CCN(CCO[Si](C)(C)C(C)(C)C)C(C)C)/C1=C/CO[Si]CC. The summed E-state index contributed by atoms with van der Waals surface area (Å²) in [6, 6.07) is 9.54. The van der Waals surface area contributed by atoms with Crippen molar-refractivity contribution in [2.45, 2.75) is 84.7 Å². The van der Waals surface area contributed by atoms with Crippen LogP contribution in [0.15, 0.2) is 42.5 Å². The van der Waals surface area contributed by atoms with Gasteiger partial charge in [0.05, 0.1) is 36.7 Å². The molecule has 2 aromatic rings. The van der Waals surface area contributed by atoms with Gasteiger partial charge in [-0.05, 0) is 62.2 Å². The Morgan fingerprint density at radius 3 is 2.61 bits per heavy atom. The first-order valence-electron chi connectivity index (χ1n) is 14.8. The Hall–Kier alpha value is -2.15. The van der Waals surface area contributed by atoms with Gasteiger partial charge in [-0.25, -0.2) is 4.98 Å². The molecule has 3 rings (SSSR count). The van der Waals surface area contributed by atoms with Crippen molar-refractivity contribution in [2.75, 3.05) is 32.9 Å². The fraction of sp³-hybridized carbons (Fsp3) is 0.562. The molecule has 224 valence electrons. The molecule has 1 aromatic carbocycles.